The molecule has 8 N–H and O–H groups in total. The number of Topliss-reactive ketones (excluding diaryl/α,β-unsaturated/α-hetero) is 1. The van der Waals surface area contributed by atoms with Crippen LogP contribution in [0.4, 0.5) is 4.79 Å². The van der Waals surface area contributed by atoms with Gasteiger partial charge in [-0.25, -0.2) is 4.79 Å². The van der Waals surface area contributed by atoms with Crippen LogP contribution in [0.15, 0.2) is 49.1 Å². The van der Waals surface area contributed by atoms with E-state index in [0.717, 1.165) is 33.2 Å². The lowest BCUT2D eigenvalue weighted by atomic mass is 10.1. The molecule has 4 rings (SSSR count). The first-order valence-corrected chi connectivity index (χ1v) is 12.8. The minimum atomic E-state index is -1.09. The van der Waals surface area contributed by atoms with Crippen LogP contribution in [-0.4, -0.2) is 60.6 Å². The molecular formula is C28H39N7O5. The van der Waals surface area contributed by atoms with E-state index in [1.165, 1.54) is 6.92 Å². The normalized spacial score (nSPS) is 12.4. The zero-order valence-corrected chi connectivity index (χ0v) is 23.5. The molecule has 0 aliphatic carbocycles. The van der Waals surface area contributed by atoms with Gasteiger partial charge in [0.05, 0.1) is 6.04 Å². The highest BCUT2D eigenvalue weighted by Gasteiger charge is 2.20. The number of rotatable bonds is 7. The third-order valence-corrected chi connectivity index (χ3v) is 5.43. The highest BCUT2D eigenvalue weighted by molar-refractivity contribution is 5.84. The van der Waals surface area contributed by atoms with Crippen LogP contribution >= 0.6 is 0 Å². The molecule has 0 saturated heterocycles. The van der Waals surface area contributed by atoms with Crippen LogP contribution in [0.3, 0.4) is 0 Å². The number of aryl methyl sites for hydroxylation is 1. The number of ketones is 1. The Morgan fingerprint density at radius 3 is 1.98 bits per heavy atom. The molecule has 0 aliphatic heterocycles. The van der Waals surface area contributed by atoms with Crippen LogP contribution in [0.25, 0.3) is 21.8 Å². The summed E-state index contributed by atoms with van der Waals surface area (Å²) >= 11 is 0. The highest BCUT2D eigenvalue weighted by Crippen LogP contribution is 2.15. The molecule has 0 radical (unpaired) electrons. The molecule has 0 fully saturated rings. The van der Waals surface area contributed by atoms with Gasteiger partial charge >= 0.3 is 12.1 Å². The summed E-state index contributed by atoms with van der Waals surface area (Å²) in [5.74, 6) is -0.998. The number of aromatic amines is 2. The average Bonchev–Trinajstić information content (AvgIpc) is 3.50. The summed E-state index contributed by atoms with van der Waals surface area (Å²) < 4.78 is 4.85. The third kappa shape index (κ3) is 10.8. The Bertz CT molecular complexity index is 1340. The maximum absolute atomic E-state index is 11.4. The molecule has 0 unspecified atom stereocenters. The molecule has 12 nitrogen and oxygen atoms in total. The first-order chi connectivity index (χ1) is 18.8. The van der Waals surface area contributed by atoms with Crippen LogP contribution in [0, 0.1) is 0 Å². The SMILES string of the molecule is C[C@H](N)C(=O)CCc1cc2cnccc2[nH]1.C[C@H](NC(=O)OC(C)(C)C)C(=O)O.NCc1cc2cnccc2[nH]1. The Kier molecular flexibility index (Phi) is 11.8. The number of ether oxygens (including phenoxy) is 1. The van der Waals surface area contributed by atoms with Gasteiger partial charge in [0.1, 0.15) is 17.4 Å². The van der Waals surface area contributed by atoms with Crippen molar-refractivity contribution in [3.8, 4) is 0 Å². The zero-order chi connectivity index (χ0) is 29.9. The van der Waals surface area contributed by atoms with Crippen molar-refractivity contribution in [1.29, 1.82) is 0 Å². The lowest BCUT2D eigenvalue weighted by molar-refractivity contribution is -0.139. The van der Waals surface area contributed by atoms with Gasteiger partial charge in [-0.2, -0.15) is 0 Å². The minimum Gasteiger partial charge on any atom is -0.480 e. The summed E-state index contributed by atoms with van der Waals surface area (Å²) in [4.78, 5) is 47.2. The van der Waals surface area contributed by atoms with Crippen molar-refractivity contribution < 1.29 is 24.2 Å². The van der Waals surface area contributed by atoms with Crippen molar-refractivity contribution in [3.63, 3.8) is 0 Å². The number of fused-ring (bicyclic) bond motifs is 2. The maximum Gasteiger partial charge on any atom is 0.408 e. The van der Waals surface area contributed by atoms with Crippen molar-refractivity contribution in [3.05, 3.63) is 60.4 Å². The van der Waals surface area contributed by atoms with Crippen LogP contribution < -0.4 is 16.8 Å². The monoisotopic (exact) mass is 553 g/mol. The van der Waals surface area contributed by atoms with Gasteiger partial charge in [-0.05, 0) is 65.3 Å². The molecule has 4 aromatic rings. The lowest BCUT2D eigenvalue weighted by Crippen LogP contribution is -2.41. The number of pyridine rings is 2. The fraction of sp³-hybridized carbons (Fsp3) is 0.393. The van der Waals surface area contributed by atoms with Gasteiger partial charge in [0, 0.05) is 70.9 Å². The predicted molar refractivity (Wildman–Crippen MR) is 154 cm³/mol. The summed E-state index contributed by atoms with van der Waals surface area (Å²) in [7, 11) is 0. The van der Waals surface area contributed by atoms with E-state index in [9.17, 15) is 14.4 Å². The number of aromatic nitrogens is 4. The Morgan fingerprint density at radius 2 is 1.52 bits per heavy atom. The van der Waals surface area contributed by atoms with Crippen LogP contribution in [-0.2, 0) is 27.3 Å². The van der Waals surface area contributed by atoms with Crippen molar-refractivity contribution in [2.24, 2.45) is 11.5 Å². The summed E-state index contributed by atoms with van der Waals surface area (Å²) in [5, 5.41) is 12.8. The second-order valence-electron chi connectivity index (χ2n) is 10.2. The minimum absolute atomic E-state index is 0.0942. The van der Waals surface area contributed by atoms with E-state index in [1.54, 1.807) is 40.1 Å². The first kappa shape index (κ1) is 31.9. The molecule has 0 aliphatic rings. The second-order valence-corrected chi connectivity index (χ2v) is 10.2. The Hall–Kier alpha value is -4.29. The molecule has 4 heterocycles. The van der Waals surface area contributed by atoms with Crippen LogP contribution in [0.2, 0.25) is 0 Å². The molecule has 1 amide bonds. The number of aliphatic carboxylic acids is 1. The zero-order valence-electron chi connectivity index (χ0n) is 23.5. The number of amides is 1. The molecule has 216 valence electrons. The Balaban J connectivity index is 0.000000214. The number of nitrogens with zero attached hydrogens (tertiary/aromatic N) is 2. The first-order valence-electron chi connectivity index (χ1n) is 12.8. The predicted octanol–water partition coefficient (Wildman–Crippen LogP) is 3.42. The maximum atomic E-state index is 11.4. The summed E-state index contributed by atoms with van der Waals surface area (Å²) in [6.07, 6.45) is 7.61. The van der Waals surface area contributed by atoms with Crippen LogP contribution in [0.1, 0.15) is 52.4 Å². The smallest absolute Gasteiger partial charge is 0.408 e. The fourth-order valence-corrected chi connectivity index (χ4v) is 3.34. The van der Waals surface area contributed by atoms with Gasteiger partial charge in [-0.3, -0.25) is 19.6 Å². The van der Waals surface area contributed by atoms with Crippen molar-refractivity contribution in [1.82, 2.24) is 25.3 Å². The number of nitrogens with one attached hydrogen (secondary N) is 3. The number of alkyl carbamates (subject to hydrolysis) is 1. The molecular weight excluding hydrogens is 514 g/mol. The number of hydrogen-bond acceptors (Lipinski definition) is 8. The molecule has 4 aromatic heterocycles. The van der Waals surface area contributed by atoms with E-state index < -0.39 is 23.7 Å². The fourth-order valence-electron chi connectivity index (χ4n) is 3.34. The number of carbonyl (C=O) groups is 3. The van der Waals surface area contributed by atoms with Crippen molar-refractivity contribution >= 4 is 39.7 Å². The number of carboxylic acid groups (broad SMARTS) is 1. The number of carboxylic acids is 1. The molecule has 0 aromatic carbocycles. The van der Waals surface area contributed by atoms with E-state index in [4.69, 9.17) is 21.3 Å². The van der Waals surface area contributed by atoms with Crippen molar-refractivity contribution in [2.45, 2.75) is 71.7 Å². The topological polar surface area (TPSA) is 202 Å². The van der Waals surface area contributed by atoms with Crippen LogP contribution in [0.5, 0.6) is 0 Å². The number of carbonyl (C=O) groups excluding carboxylic acids is 2. The van der Waals surface area contributed by atoms with Gasteiger partial charge < -0.3 is 36.6 Å². The van der Waals surface area contributed by atoms with Gasteiger partial charge in [0.2, 0.25) is 0 Å². The van der Waals surface area contributed by atoms with E-state index >= 15 is 0 Å². The number of nitrogens with two attached hydrogens (primary N) is 2. The Morgan fingerprint density at radius 1 is 1.00 bits per heavy atom. The summed E-state index contributed by atoms with van der Waals surface area (Å²) in [6, 6.07) is 6.60. The Labute approximate surface area is 232 Å². The molecule has 0 bridgehead atoms. The molecule has 0 saturated carbocycles. The van der Waals surface area contributed by atoms with Gasteiger partial charge in [-0.15, -0.1) is 0 Å². The molecule has 0 spiro atoms. The van der Waals surface area contributed by atoms with Gasteiger partial charge in [-0.1, -0.05) is 0 Å². The van der Waals surface area contributed by atoms with E-state index in [2.05, 4.69) is 25.3 Å². The van der Waals surface area contributed by atoms with Gasteiger partial charge in [0.25, 0.3) is 0 Å². The quantitative estimate of drug-likeness (QED) is 0.198. The lowest BCUT2D eigenvalue weighted by Gasteiger charge is -2.20. The van der Waals surface area contributed by atoms with Crippen molar-refractivity contribution in [2.75, 3.05) is 0 Å². The molecule has 2 atom stereocenters. The van der Waals surface area contributed by atoms with Gasteiger partial charge in [0.15, 0.2) is 0 Å². The molecule has 40 heavy (non-hydrogen) atoms. The standard InChI is InChI=1S/C12H15N3O.C8H9N3.C8H15NO4/c1-8(13)12(16)3-2-10-6-9-7-14-5-4-11(9)15-10;9-4-7-3-6-5-10-2-1-8(6)11-7;1-5(6(10)11)9-7(12)13-8(2,3)4/h4-8,15H,2-3,13H2,1H3;1-3,5,11H,4,9H2;5H,1-4H3,(H,9,12)(H,10,11)/t8-;;5-/m0.0/s1. The number of hydrogen-bond donors (Lipinski definition) is 6. The highest BCUT2D eigenvalue weighted by atomic mass is 16.6. The third-order valence-electron chi connectivity index (χ3n) is 5.43. The van der Waals surface area contributed by atoms with E-state index in [0.29, 0.717) is 19.4 Å². The summed E-state index contributed by atoms with van der Waals surface area (Å²) in [6.45, 7) is 8.76. The number of H-pyrrole nitrogens is 2. The second kappa shape index (κ2) is 14.8. The van der Waals surface area contributed by atoms with E-state index in [-0.39, 0.29) is 11.8 Å². The average molecular weight is 554 g/mol. The molecule has 12 heteroatoms. The largest absolute Gasteiger partial charge is 0.480 e. The van der Waals surface area contributed by atoms with E-state index in [1.807, 2.05) is 36.7 Å². The summed E-state index contributed by atoms with van der Waals surface area (Å²) in [5.41, 5.74) is 14.6.